The van der Waals surface area contributed by atoms with Crippen LogP contribution in [0.2, 0.25) is 0 Å². The van der Waals surface area contributed by atoms with Gasteiger partial charge in [-0.15, -0.1) is 0 Å². The summed E-state index contributed by atoms with van der Waals surface area (Å²) in [6, 6.07) is 2.33. The van der Waals surface area contributed by atoms with E-state index in [0.29, 0.717) is 5.92 Å². The molecule has 1 fully saturated rings. The fraction of sp³-hybridized carbons (Fsp3) is 0.647. The van der Waals surface area contributed by atoms with Gasteiger partial charge < -0.3 is 4.74 Å². The van der Waals surface area contributed by atoms with Crippen molar-refractivity contribution >= 4 is 0 Å². The van der Waals surface area contributed by atoms with Crippen LogP contribution in [-0.4, -0.2) is 5.60 Å². The van der Waals surface area contributed by atoms with Crippen LogP contribution < -0.4 is 4.74 Å². The van der Waals surface area contributed by atoms with Crippen molar-refractivity contribution in [1.29, 1.82) is 0 Å². The molecule has 1 aromatic rings. The topological polar surface area (TPSA) is 9.23 Å². The molecule has 3 rings (SSSR count). The second kappa shape index (κ2) is 3.31. The van der Waals surface area contributed by atoms with Gasteiger partial charge in [0.05, 0.1) is 0 Å². The molecule has 0 bridgehead atoms. The molecule has 98 valence electrons. The zero-order valence-electron chi connectivity index (χ0n) is 12.5. The largest absolute Gasteiger partial charge is 0.486 e. The van der Waals surface area contributed by atoms with E-state index in [1.807, 2.05) is 0 Å². The zero-order chi connectivity index (χ0) is 13.3. The molecule has 0 aromatic heterocycles. The van der Waals surface area contributed by atoms with E-state index in [0.717, 1.165) is 0 Å². The molecule has 1 nitrogen and oxygen atoms in total. The highest BCUT2D eigenvalue weighted by Crippen LogP contribution is 2.64. The third kappa shape index (κ3) is 1.46. The van der Waals surface area contributed by atoms with Gasteiger partial charge in [0.25, 0.3) is 0 Å². The summed E-state index contributed by atoms with van der Waals surface area (Å²) in [5.74, 6) is 1.75. The van der Waals surface area contributed by atoms with Gasteiger partial charge in [0.1, 0.15) is 11.4 Å². The Hall–Kier alpha value is -0.980. The molecule has 2 aliphatic rings. The maximum atomic E-state index is 6.44. The van der Waals surface area contributed by atoms with E-state index in [4.69, 9.17) is 4.74 Å². The van der Waals surface area contributed by atoms with Gasteiger partial charge in [0.15, 0.2) is 0 Å². The summed E-state index contributed by atoms with van der Waals surface area (Å²) in [6.45, 7) is 13.7. The Balaban J connectivity index is 2.24. The van der Waals surface area contributed by atoms with Crippen LogP contribution in [0, 0.1) is 26.2 Å². The van der Waals surface area contributed by atoms with E-state index >= 15 is 0 Å². The molecule has 1 aliphatic carbocycles. The molecule has 1 spiro atoms. The maximum absolute atomic E-state index is 6.44. The highest BCUT2D eigenvalue weighted by molar-refractivity contribution is 5.57. The minimum Gasteiger partial charge on any atom is -0.486 e. The standard InChI is InChI=1S/C17H24O/c1-10-9-11(2)13-14(12(10)3)18-17(7-8-17)15(13)16(4,5)6/h9,15H,7-8H2,1-6H3. The number of fused-ring (bicyclic) bond motifs is 1. The van der Waals surface area contributed by atoms with Gasteiger partial charge in [0, 0.05) is 11.5 Å². The molecule has 0 N–H and O–H groups in total. The second-order valence-corrected chi connectivity index (χ2v) is 7.34. The van der Waals surface area contributed by atoms with Crippen LogP contribution >= 0.6 is 0 Å². The van der Waals surface area contributed by atoms with Gasteiger partial charge >= 0.3 is 0 Å². The Bertz CT molecular complexity index is 515. The molecule has 1 heterocycles. The summed E-state index contributed by atoms with van der Waals surface area (Å²) in [4.78, 5) is 0. The molecule has 1 aliphatic heterocycles. The highest BCUT2D eigenvalue weighted by atomic mass is 16.5. The van der Waals surface area contributed by atoms with Crippen molar-refractivity contribution in [1.82, 2.24) is 0 Å². The molecule has 0 saturated heterocycles. The Kier molecular flexibility index (Phi) is 2.22. The van der Waals surface area contributed by atoms with Gasteiger partial charge in [0.2, 0.25) is 0 Å². The van der Waals surface area contributed by atoms with Crippen molar-refractivity contribution in [2.45, 2.75) is 65.9 Å². The van der Waals surface area contributed by atoms with Gasteiger partial charge in [-0.05, 0) is 55.7 Å². The first-order chi connectivity index (χ1) is 8.26. The Morgan fingerprint density at radius 2 is 1.72 bits per heavy atom. The highest BCUT2D eigenvalue weighted by Gasteiger charge is 2.61. The summed E-state index contributed by atoms with van der Waals surface area (Å²) in [5.41, 5.74) is 6.00. The van der Waals surface area contributed by atoms with Crippen molar-refractivity contribution in [2.75, 3.05) is 0 Å². The Morgan fingerprint density at radius 3 is 2.22 bits per heavy atom. The molecular formula is C17H24O. The minimum atomic E-state index is 0.129. The van der Waals surface area contributed by atoms with E-state index in [1.54, 1.807) is 0 Å². The summed E-state index contributed by atoms with van der Waals surface area (Å²) < 4.78 is 6.44. The Labute approximate surface area is 111 Å². The average molecular weight is 244 g/mol. The van der Waals surface area contributed by atoms with E-state index in [-0.39, 0.29) is 11.0 Å². The number of rotatable bonds is 0. The van der Waals surface area contributed by atoms with Gasteiger partial charge in [-0.3, -0.25) is 0 Å². The molecule has 1 atom stereocenters. The molecule has 0 radical (unpaired) electrons. The third-order valence-electron chi connectivity index (χ3n) is 4.76. The van der Waals surface area contributed by atoms with Gasteiger partial charge in [-0.2, -0.15) is 0 Å². The minimum absolute atomic E-state index is 0.129. The monoisotopic (exact) mass is 244 g/mol. The molecule has 1 unspecified atom stereocenters. The van der Waals surface area contributed by atoms with Crippen LogP contribution in [0.25, 0.3) is 0 Å². The maximum Gasteiger partial charge on any atom is 0.127 e. The lowest BCUT2D eigenvalue weighted by Gasteiger charge is -2.32. The van der Waals surface area contributed by atoms with E-state index in [9.17, 15) is 0 Å². The molecule has 1 aromatic carbocycles. The molecule has 1 saturated carbocycles. The number of ether oxygens (including phenoxy) is 1. The lowest BCUT2D eigenvalue weighted by atomic mass is 9.71. The van der Waals surface area contributed by atoms with Crippen LogP contribution in [0.1, 0.15) is 61.8 Å². The molecular weight excluding hydrogens is 220 g/mol. The van der Waals surface area contributed by atoms with Crippen LogP contribution in [0.5, 0.6) is 5.75 Å². The van der Waals surface area contributed by atoms with Crippen LogP contribution in [-0.2, 0) is 0 Å². The van der Waals surface area contributed by atoms with Crippen molar-refractivity contribution in [3.8, 4) is 5.75 Å². The van der Waals surface area contributed by atoms with Crippen LogP contribution in [0.15, 0.2) is 6.07 Å². The number of hydrogen-bond donors (Lipinski definition) is 0. The van der Waals surface area contributed by atoms with Gasteiger partial charge in [-0.25, -0.2) is 0 Å². The van der Waals surface area contributed by atoms with E-state index in [2.05, 4.69) is 47.6 Å². The predicted molar refractivity (Wildman–Crippen MR) is 75.4 cm³/mol. The molecule has 0 amide bonds. The number of benzene rings is 1. The number of hydrogen-bond acceptors (Lipinski definition) is 1. The van der Waals surface area contributed by atoms with E-state index < -0.39 is 0 Å². The van der Waals surface area contributed by atoms with Crippen LogP contribution in [0.3, 0.4) is 0 Å². The predicted octanol–water partition coefficient (Wildman–Crippen LogP) is 4.67. The average Bonchev–Trinajstić information content (AvgIpc) is 2.86. The van der Waals surface area contributed by atoms with Crippen molar-refractivity contribution in [3.63, 3.8) is 0 Å². The molecule has 18 heavy (non-hydrogen) atoms. The van der Waals surface area contributed by atoms with Crippen LogP contribution in [0.4, 0.5) is 0 Å². The quantitative estimate of drug-likeness (QED) is 0.644. The fourth-order valence-electron chi connectivity index (χ4n) is 3.82. The summed E-state index contributed by atoms with van der Waals surface area (Å²) in [5, 5.41) is 0. The second-order valence-electron chi connectivity index (χ2n) is 7.34. The Morgan fingerprint density at radius 1 is 1.11 bits per heavy atom. The first kappa shape index (κ1) is 12.1. The fourth-order valence-corrected chi connectivity index (χ4v) is 3.82. The summed E-state index contributed by atoms with van der Waals surface area (Å²) >= 11 is 0. The summed E-state index contributed by atoms with van der Waals surface area (Å²) in [6.07, 6.45) is 2.45. The van der Waals surface area contributed by atoms with Gasteiger partial charge in [-0.1, -0.05) is 26.8 Å². The van der Waals surface area contributed by atoms with E-state index in [1.165, 1.54) is 40.8 Å². The SMILES string of the molecule is Cc1cc(C)c2c(c1C)OC1(CC1)C2C(C)(C)C. The normalized spacial score (nSPS) is 24.0. The van der Waals surface area contributed by atoms with Crippen molar-refractivity contribution in [3.05, 3.63) is 28.3 Å². The lowest BCUT2D eigenvalue weighted by molar-refractivity contribution is 0.124. The smallest absolute Gasteiger partial charge is 0.127 e. The lowest BCUT2D eigenvalue weighted by Crippen LogP contribution is -2.31. The zero-order valence-corrected chi connectivity index (χ0v) is 12.5. The van der Waals surface area contributed by atoms with Crippen molar-refractivity contribution in [2.24, 2.45) is 5.41 Å². The third-order valence-corrected chi connectivity index (χ3v) is 4.76. The molecule has 1 heteroatoms. The first-order valence-corrected chi connectivity index (χ1v) is 7.06. The van der Waals surface area contributed by atoms with Crippen molar-refractivity contribution < 1.29 is 4.74 Å². The summed E-state index contributed by atoms with van der Waals surface area (Å²) in [7, 11) is 0. The first-order valence-electron chi connectivity index (χ1n) is 7.06. The number of aryl methyl sites for hydroxylation is 2.